The van der Waals surface area contributed by atoms with Crippen LogP contribution in [0.1, 0.15) is 50.2 Å². The van der Waals surface area contributed by atoms with Gasteiger partial charge in [0.05, 0.1) is 16.9 Å². The summed E-state index contributed by atoms with van der Waals surface area (Å²) in [4.78, 5) is 34.1. The van der Waals surface area contributed by atoms with Gasteiger partial charge in [-0.15, -0.1) is 0 Å². The van der Waals surface area contributed by atoms with Crippen LogP contribution in [0.15, 0.2) is 97.7 Å². The molecule has 2 aliphatic rings. The van der Waals surface area contributed by atoms with E-state index in [2.05, 4.69) is 123 Å². The summed E-state index contributed by atoms with van der Waals surface area (Å²) in [6.45, 7) is 20.2. The molecule has 2 fully saturated rings. The van der Waals surface area contributed by atoms with E-state index in [1.165, 1.54) is 39.1 Å². The number of hydrogen-bond donors (Lipinski definition) is 3. The average molecular weight is 816 g/mol. The number of hydrogen-bond acceptors (Lipinski definition) is 9. The van der Waals surface area contributed by atoms with Crippen LogP contribution in [0.2, 0.25) is 0 Å². The second-order valence-electron chi connectivity index (χ2n) is 16.9. The second kappa shape index (κ2) is 19.5. The third-order valence-corrected chi connectivity index (χ3v) is 11.2. The Labute approximate surface area is 362 Å². The summed E-state index contributed by atoms with van der Waals surface area (Å²) in [5.41, 5.74) is 17.6. The molecule has 2 saturated heterocycles. The van der Waals surface area contributed by atoms with Crippen LogP contribution in [0.25, 0.3) is 33.4 Å². The molecule has 10 nitrogen and oxygen atoms in total. The fourth-order valence-electron chi connectivity index (χ4n) is 8.66. The third-order valence-electron chi connectivity index (χ3n) is 11.2. The largest absolute Gasteiger partial charge is 0.369 e. The Morgan fingerprint density at radius 1 is 0.557 bits per heavy atom. The van der Waals surface area contributed by atoms with E-state index in [9.17, 15) is 4.79 Å². The Kier molecular flexibility index (Phi) is 13.8. The van der Waals surface area contributed by atoms with Crippen LogP contribution < -0.4 is 30.7 Å². The van der Waals surface area contributed by atoms with Crippen molar-refractivity contribution in [2.24, 2.45) is 0 Å². The van der Waals surface area contributed by atoms with Crippen molar-refractivity contribution in [1.82, 2.24) is 25.6 Å². The lowest BCUT2D eigenvalue weighted by atomic mass is 9.96. The molecular formula is C51H61N9O. The fraction of sp³-hybridized carbons (Fsp3) is 0.333. The van der Waals surface area contributed by atoms with Crippen molar-refractivity contribution < 1.29 is 4.79 Å². The van der Waals surface area contributed by atoms with Gasteiger partial charge in [-0.2, -0.15) is 0 Å². The van der Waals surface area contributed by atoms with Crippen LogP contribution in [0, 0.1) is 41.5 Å². The number of aromatic nitrogens is 3. The second-order valence-corrected chi connectivity index (χ2v) is 16.9. The van der Waals surface area contributed by atoms with E-state index < -0.39 is 0 Å². The summed E-state index contributed by atoms with van der Waals surface area (Å²) in [5.74, 6) is 0.829. The van der Waals surface area contributed by atoms with E-state index in [0.29, 0.717) is 5.56 Å². The topological polar surface area (TPSA) is 102 Å². The first-order valence-corrected chi connectivity index (χ1v) is 21.5. The number of anilines is 4. The molecule has 0 bridgehead atoms. The predicted molar refractivity (Wildman–Crippen MR) is 255 cm³/mol. The van der Waals surface area contributed by atoms with Gasteiger partial charge in [0.25, 0.3) is 5.91 Å². The first-order chi connectivity index (χ1) is 29.4. The van der Waals surface area contributed by atoms with Crippen molar-refractivity contribution in [3.8, 4) is 33.4 Å². The Balaban J connectivity index is 0.000000184. The first kappa shape index (κ1) is 43.0. The van der Waals surface area contributed by atoms with Crippen molar-refractivity contribution in [3.05, 3.63) is 137 Å². The van der Waals surface area contributed by atoms with Crippen LogP contribution in [0.4, 0.5) is 22.9 Å². The lowest BCUT2D eigenvalue weighted by molar-refractivity contribution is 0.102. The number of carbonyl (C=O) groups is 1. The number of piperazine rings is 1. The predicted octanol–water partition coefficient (Wildman–Crippen LogP) is 8.94. The van der Waals surface area contributed by atoms with Gasteiger partial charge in [0.2, 0.25) is 0 Å². The van der Waals surface area contributed by atoms with Crippen LogP contribution in [-0.4, -0.2) is 87.3 Å². The molecule has 3 aromatic heterocycles. The smallest absolute Gasteiger partial charge is 0.259 e. The summed E-state index contributed by atoms with van der Waals surface area (Å²) in [5, 5.41) is 10.0. The number of benzene rings is 3. The molecule has 2 aliphatic heterocycles. The third kappa shape index (κ3) is 10.6. The Morgan fingerprint density at radius 3 is 1.56 bits per heavy atom. The van der Waals surface area contributed by atoms with Gasteiger partial charge < -0.3 is 30.7 Å². The standard InChI is InChI=1S/C26H30N4O.C25H31N5/c1-17-9-18(2)12-21(11-17)23-15-28-16-24(25(23)30-7-5-27-6-8-30)26(31)29-22-13-19(3)10-20(4)14-22;1-18-12-19(2)14-21(13-18)23-17-27-16-22(20-6-7-24(28-15-20)29(3)4)25(23)30-10-5-8-26-9-11-30/h9-16,27H,5-8H2,1-4H3,(H,29,31);6-7,12-17,26H,5,8-11H2,1-4H3. The number of rotatable bonds is 8. The van der Waals surface area contributed by atoms with E-state index in [1.54, 1.807) is 6.20 Å². The number of aryl methyl sites for hydroxylation is 6. The molecule has 0 spiro atoms. The Morgan fingerprint density at radius 2 is 1.03 bits per heavy atom. The van der Waals surface area contributed by atoms with E-state index in [4.69, 9.17) is 0 Å². The van der Waals surface area contributed by atoms with Gasteiger partial charge in [-0.3, -0.25) is 14.8 Å². The zero-order valence-electron chi connectivity index (χ0n) is 37.2. The molecule has 3 aromatic carbocycles. The van der Waals surface area contributed by atoms with Gasteiger partial charge in [-0.25, -0.2) is 4.98 Å². The maximum absolute atomic E-state index is 13.4. The molecule has 316 valence electrons. The van der Waals surface area contributed by atoms with Gasteiger partial charge >= 0.3 is 0 Å². The van der Waals surface area contributed by atoms with E-state index in [1.807, 2.05) is 69.8 Å². The number of amides is 1. The summed E-state index contributed by atoms with van der Waals surface area (Å²) >= 11 is 0. The van der Waals surface area contributed by atoms with Gasteiger partial charge in [-0.05, 0) is 101 Å². The molecule has 0 atom stereocenters. The molecule has 10 heteroatoms. The molecule has 6 aromatic rings. The Bertz CT molecular complexity index is 2400. The monoisotopic (exact) mass is 815 g/mol. The molecule has 0 unspecified atom stereocenters. The Hall–Kier alpha value is -6.10. The van der Waals surface area contributed by atoms with E-state index in [-0.39, 0.29) is 5.91 Å². The molecule has 1 amide bonds. The highest BCUT2D eigenvalue weighted by atomic mass is 16.1. The highest BCUT2D eigenvalue weighted by molar-refractivity contribution is 6.10. The minimum atomic E-state index is -0.128. The van der Waals surface area contributed by atoms with Gasteiger partial charge in [0, 0.05) is 119 Å². The molecule has 3 N–H and O–H groups in total. The van der Waals surface area contributed by atoms with Crippen molar-refractivity contribution in [1.29, 1.82) is 0 Å². The zero-order valence-corrected chi connectivity index (χ0v) is 37.2. The van der Waals surface area contributed by atoms with Crippen LogP contribution >= 0.6 is 0 Å². The van der Waals surface area contributed by atoms with Crippen LogP contribution in [0.5, 0.6) is 0 Å². The highest BCUT2D eigenvalue weighted by Crippen LogP contribution is 2.40. The minimum absolute atomic E-state index is 0.128. The van der Waals surface area contributed by atoms with Gasteiger partial charge in [0.15, 0.2) is 0 Å². The number of pyridine rings is 3. The summed E-state index contributed by atoms with van der Waals surface area (Å²) in [6, 6.07) is 23.6. The SMILES string of the molecule is Cc1cc(C)cc(-c2cncc(-c3ccc(N(C)C)nc3)c2N2CCCNCC2)c1.Cc1cc(C)cc(NC(=O)c2cncc(-c3cc(C)cc(C)c3)c2N2CCNCC2)c1. The average Bonchev–Trinajstić information content (AvgIpc) is 3.52. The first-order valence-electron chi connectivity index (χ1n) is 21.5. The van der Waals surface area contributed by atoms with E-state index in [0.717, 1.165) is 109 Å². The number of carbonyl (C=O) groups excluding carboxylic acids is 1. The lowest BCUT2D eigenvalue weighted by Gasteiger charge is -2.32. The number of nitrogens with zero attached hydrogens (tertiary/aromatic N) is 6. The van der Waals surface area contributed by atoms with Gasteiger partial charge in [-0.1, -0.05) is 64.7 Å². The molecule has 5 heterocycles. The van der Waals surface area contributed by atoms with Crippen LogP contribution in [0.3, 0.4) is 0 Å². The van der Waals surface area contributed by atoms with Gasteiger partial charge in [0.1, 0.15) is 5.82 Å². The van der Waals surface area contributed by atoms with Crippen molar-refractivity contribution in [2.45, 2.75) is 48.0 Å². The summed E-state index contributed by atoms with van der Waals surface area (Å²) in [7, 11) is 4.03. The molecule has 61 heavy (non-hydrogen) atoms. The maximum Gasteiger partial charge on any atom is 0.259 e. The number of nitrogens with one attached hydrogen (secondary N) is 3. The summed E-state index contributed by atoms with van der Waals surface area (Å²) in [6.07, 6.45) is 10.7. The zero-order chi connectivity index (χ0) is 43.0. The normalized spacial score (nSPS) is 14.2. The molecule has 0 saturated carbocycles. The minimum Gasteiger partial charge on any atom is -0.369 e. The fourth-order valence-corrected chi connectivity index (χ4v) is 8.66. The highest BCUT2D eigenvalue weighted by Gasteiger charge is 2.24. The van der Waals surface area contributed by atoms with Crippen molar-refractivity contribution in [3.63, 3.8) is 0 Å². The van der Waals surface area contributed by atoms with Crippen LogP contribution in [-0.2, 0) is 0 Å². The van der Waals surface area contributed by atoms with Crippen molar-refractivity contribution >= 4 is 28.8 Å². The molecule has 0 radical (unpaired) electrons. The molecular weight excluding hydrogens is 755 g/mol. The quantitative estimate of drug-likeness (QED) is 0.139. The molecule has 8 rings (SSSR count). The summed E-state index contributed by atoms with van der Waals surface area (Å²) < 4.78 is 0. The maximum atomic E-state index is 13.4. The van der Waals surface area contributed by atoms with E-state index >= 15 is 0 Å². The lowest BCUT2D eigenvalue weighted by Crippen LogP contribution is -2.44. The van der Waals surface area contributed by atoms with Crippen molar-refractivity contribution in [2.75, 3.05) is 86.5 Å². The molecule has 0 aliphatic carbocycles.